The molecule has 0 radical (unpaired) electrons. The average molecular weight is 570 g/mol. The lowest BCUT2D eigenvalue weighted by atomic mass is 10.1. The van der Waals surface area contributed by atoms with Gasteiger partial charge in [0.05, 0.1) is 10.6 Å². The van der Waals surface area contributed by atoms with Crippen LogP contribution in [0.25, 0.3) is 0 Å². The van der Waals surface area contributed by atoms with Gasteiger partial charge in [-0.05, 0) is 75.6 Å². The summed E-state index contributed by atoms with van der Waals surface area (Å²) in [4.78, 5) is 28.6. The second-order valence-corrected chi connectivity index (χ2v) is 12.1. The van der Waals surface area contributed by atoms with E-state index in [2.05, 4.69) is 5.32 Å². The Morgan fingerprint density at radius 3 is 2.13 bits per heavy atom. The molecule has 208 valence electrons. The minimum atomic E-state index is -4.10. The first-order valence-electron chi connectivity index (χ1n) is 12.9. The number of nitrogens with zero attached hydrogens (tertiary/aromatic N) is 2. The summed E-state index contributed by atoms with van der Waals surface area (Å²) in [5, 5.41) is 3.48. The van der Waals surface area contributed by atoms with E-state index in [1.54, 1.807) is 68.4 Å². The predicted molar refractivity (Wildman–Crippen MR) is 156 cm³/mol. The fraction of sp³-hybridized carbons (Fsp3) is 0.333. The molecule has 0 aromatic heterocycles. The van der Waals surface area contributed by atoms with Crippen LogP contribution in [-0.2, 0) is 26.2 Å². The molecule has 3 aromatic carbocycles. The van der Waals surface area contributed by atoms with Gasteiger partial charge in [0.1, 0.15) is 12.6 Å². The van der Waals surface area contributed by atoms with Crippen molar-refractivity contribution in [2.24, 2.45) is 0 Å². The smallest absolute Gasteiger partial charge is 0.264 e. The molecule has 7 nitrogen and oxygen atoms in total. The van der Waals surface area contributed by atoms with E-state index in [4.69, 9.17) is 11.6 Å². The molecule has 2 amide bonds. The number of anilines is 1. The highest BCUT2D eigenvalue weighted by Crippen LogP contribution is 2.27. The molecule has 0 fully saturated rings. The number of sulfonamides is 1. The summed E-state index contributed by atoms with van der Waals surface area (Å²) < 4.78 is 28.9. The number of benzene rings is 3. The summed E-state index contributed by atoms with van der Waals surface area (Å²) in [6, 6.07) is 19.6. The first-order valence-corrected chi connectivity index (χ1v) is 14.7. The average Bonchev–Trinajstić information content (AvgIpc) is 2.91. The molecule has 0 aliphatic rings. The largest absolute Gasteiger partial charge is 0.352 e. The highest BCUT2D eigenvalue weighted by Gasteiger charge is 2.33. The normalized spacial score (nSPS) is 12.9. The molecule has 0 heterocycles. The van der Waals surface area contributed by atoms with Crippen molar-refractivity contribution in [2.75, 3.05) is 10.8 Å². The zero-order valence-corrected chi connectivity index (χ0v) is 24.6. The van der Waals surface area contributed by atoms with Crippen molar-refractivity contribution in [3.8, 4) is 0 Å². The lowest BCUT2D eigenvalue weighted by molar-refractivity contribution is -0.139. The molecule has 2 atom stereocenters. The van der Waals surface area contributed by atoms with Crippen molar-refractivity contribution < 1.29 is 18.0 Å². The lowest BCUT2D eigenvalue weighted by Crippen LogP contribution is -2.52. The number of amides is 2. The molecule has 3 aromatic rings. The number of hydrogen-bond acceptors (Lipinski definition) is 4. The first kappa shape index (κ1) is 30.2. The number of rotatable bonds is 11. The Labute approximate surface area is 236 Å². The summed E-state index contributed by atoms with van der Waals surface area (Å²) in [5.41, 5.74) is 2.78. The zero-order chi connectivity index (χ0) is 28.7. The standard InChI is InChI=1S/C30H36ClN3O4S/c1-6-23(4)32-30(36)24(5)33(19-25-13-15-26(31)16-14-25)29(35)20-34(28-10-8-7-9-22(28)3)39(37,38)27-17-11-21(2)12-18-27/h7-18,23-24H,6,19-20H2,1-5H3,(H,32,36). The molecule has 0 bridgehead atoms. The van der Waals surface area contributed by atoms with Gasteiger partial charge in [-0.1, -0.05) is 66.6 Å². The molecule has 2 unspecified atom stereocenters. The van der Waals surface area contributed by atoms with E-state index < -0.39 is 28.5 Å². The van der Waals surface area contributed by atoms with Gasteiger partial charge >= 0.3 is 0 Å². The Bertz CT molecular complexity index is 1390. The number of carbonyl (C=O) groups excluding carboxylic acids is 2. The SMILES string of the molecule is CCC(C)NC(=O)C(C)N(Cc1ccc(Cl)cc1)C(=O)CN(c1ccccc1C)S(=O)(=O)c1ccc(C)cc1. The van der Waals surface area contributed by atoms with Gasteiger partial charge in [0.2, 0.25) is 11.8 Å². The number of aryl methyl sites for hydroxylation is 2. The van der Waals surface area contributed by atoms with Crippen molar-refractivity contribution in [1.29, 1.82) is 0 Å². The molecule has 3 rings (SSSR count). The maximum absolute atomic E-state index is 14.0. The van der Waals surface area contributed by atoms with Crippen LogP contribution in [0.5, 0.6) is 0 Å². The number of hydrogen-bond donors (Lipinski definition) is 1. The van der Waals surface area contributed by atoms with E-state index in [0.717, 1.165) is 21.9 Å². The van der Waals surface area contributed by atoms with Crippen LogP contribution in [0.3, 0.4) is 0 Å². The second-order valence-electron chi connectivity index (χ2n) is 9.75. The quantitative estimate of drug-likeness (QED) is 0.331. The topological polar surface area (TPSA) is 86.8 Å². The monoisotopic (exact) mass is 569 g/mol. The predicted octanol–water partition coefficient (Wildman–Crippen LogP) is 5.48. The van der Waals surface area contributed by atoms with Crippen LogP contribution in [0, 0.1) is 13.8 Å². The molecule has 9 heteroatoms. The van der Waals surface area contributed by atoms with E-state index in [0.29, 0.717) is 16.3 Å². The highest BCUT2D eigenvalue weighted by atomic mass is 35.5. The number of nitrogens with one attached hydrogen (secondary N) is 1. The summed E-state index contributed by atoms with van der Waals surface area (Å²) in [6.45, 7) is 8.81. The Morgan fingerprint density at radius 1 is 0.923 bits per heavy atom. The Balaban J connectivity index is 2.03. The van der Waals surface area contributed by atoms with Gasteiger partial charge in [0.15, 0.2) is 0 Å². The van der Waals surface area contributed by atoms with Crippen molar-refractivity contribution in [3.05, 3.63) is 94.5 Å². The molecule has 0 saturated carbocycles. The van der Waals surface area contributed by atoms with Crippen LogP contribution in [0.2, 0.25) is 5.02 Å². The molecule has 0 saturated heterocycles. The van der Waals surface area contributed by atoms with E-state index in [9.17, 15) is 18.0 Å². The molecular weight excluding hydrogens is 534 g/mol. The van der Waals surface area contributed by atoms with E-state index in [-0.39, 0.29) is 23.4 Å². The molecule has 0 aliphatic heterocycles. The summed E-state index contributed by atoms with van der Waals surface area (Å²) in [7, 11) is -4.10. The third kappa shape index (κ3) is 7.61. The summed E-state index contributed by atoms with van der Waals surface area (Å²) in [6.07, 6.45) is 0.736. The van der Waals surface area contributed by atoms with Crippen molar-refractivity contribution in [1.82, 2.24) is 10.2 Å². The molecule has 0 spiro atoms. The van der Waals surface area contributed by atoms with E-state index >= 15 is 0 Å². The molecule has 1 N–H and O–H groups in total. The highest BCUT2D eigenvalue weighted by molar-refractivity contribution is 7.92. The Hall–Kier alpha value is -3.36. The van der Waals surface area contributed by atoms with Crippen molar-refractivity contribution in [3.63, 3.8) is 0 Å². The van der Waals surface area contributed by atoms with E-state index in [1.807, 2.05) is 26.8 Å². The van der Waals surface area contributed by atoms with Gasteiger partial charge in [0.25, 0.3) is 10.0 Å². The van der Waals surface area contributed by atoms with E-state index in [1.165, 1.54) is 17.0 Å². The van der Waals surface area contributed by atoms with Gasteiger partial charge in [0, 0.05) is 17.6 Å². The van der Waals surface area contributed by atoms with Gasteiger partial charge in [-0.15, -0.1) is 0 Å². The number of carbonyl (C=O) groups is 2. The van der Waals surface area contributed by atoms with Crippen molar-refractivity contribution >= 4 is 39.1 Å². The molecule has 39 heavy (non-hydrogen) atoms. The molecular formula is C30H36ClN3O4S. The van der Waals surface area contributed by atoms with Gasteiger partial charge < -0.3 is 10.2 Å². The number of para-hydroxylation sites is 1. The summed E-state index contributed by atoms with van der Waals surface area (Å²) in [5.74, 6) is -0.814. The third-order valence-corrected chi connectivity index (χ3v) is 8.73. The fourth-order valence-electron chi connectivity index (χ4n) is 4.03. The first-order chi connectivity index (χ1) is 18.4. The van der Waals surface area contributed by atoms with Crippen LogP contribution in [0.1, 0.15) is 43.9 Å². The lowest BCUT2D eigenvalue weighted by Gasteiger charge is -2.33. The van der Waals surface area contributed by atoms with Crippen LogP contribution < -0.4 is 9.62 Å². The van der Waals surface area contributed by atoms with Gasteiger partial charge in [-0.25, -0.2) is 8.42 Å². The summed E-state index contributed by atoms with van der Waals surface area (Å²) >= 11 is 6.05. The van der Waals surface area contributed by atoms with Crippen LogP contribution in [0.15, 0.2) is 77.7 Å². The maximum atomic E-state index is 14.0. The van der Waals surface area contributed by atoms with Crippen LogP contribution in [0.4, 0.5) is 5.69 Å². The maximum Gasteiger partial charge on any atom is 0.264 e. The fourth-order valence-corrected chi connectivity index (χ4v) is 5.63. The minimum absolute atomic E-state index is 0.0715. The van der Waals surface area contributed by atoms with Crippen LogP contribution >= 0.6 is 11.6 Å². The van der Waals surface area contributed by atoms with Gasteiger partial charge in [-0.2, -0.15) is 0 Å². The third-order valence-electron chi connectivity index (χ3n) is 6.71. The minimum Gasteiger partial charge on any atom is -0.352 e. The Morgan fingerprint density at radius 2 is 1.54 bits per heavy atom. The molecule has 0 aliphatic carbocycles. The Kier molecular flexibility index (Phi) is 10.2. The van der Waals surface area contributed by atoms with Crippen molar-refractivity contribution in [2.45, 2.75) is 64.6 Å². The number of halogens is 1. The zero-order valence-electron chi connectivity index (χ0n) is 23.0. The van der Waals surface area contributed by atoms with Crippen LogP contribution in [-0.4, -0.2) is 43.8 Å². The van der Waals surface area contributed by atoms with Gasteiger partial charge in [-0.3, -0.25) is 13.9 Å². The second kappa shape index (κ2) is 13.1.